The fourth-order valence-electron chi connectivity index (χ4n) is 4.35. The maximum Gasteiger partial charge on any atom is 0.276 e. The molecule has 0 unspecified atom stereocenters. The van der Waals surface area contributed by atoms with Crippen LogP contribution in [-0.4, -0.2) is 42.5 Å². The molecule has 0 spiro atoms. The topological polar surface area (TPSA) is 122 Å². The second-order valence-corrected chi connectivity index (χ2v) is 12.8. The smallest absolute Gasteiger partial charge is 0.276 e. The molecule has 1 saturated heterocycles. The number of halogens is 3. The number of amidine groups is 1. The number of aromatic nitrogens is 2. The predicted octanol–water partition coefficient (Wildman–Crippen LogP) is 2.83. The predicted molar refractivity (Wildman–Crippen MR) is 125 cm³/mol. The molecule has 12 heteroatoms. The van der Waals surface area contributed by atoms with Gasteiger partial charge in [-0.15, -0.1) is 0 Å². The Morgan fingerprint density at radius 2 is 2.06 bits per heavy atom. The third-order valence-electron chi connectivity index (χ3n) is 6.25. The van der Waals surface area contributed by atoms with E-state index in [-0.39, 0.29) is 33.1 Å². The lowest BCUT2D eigenvalue weighted by atomic mass is 9.90. The quantitative estimate of drug-likeness (QED) is 0.482. The Bertz CT molecular complexity index is 1210. The van der Waals surface area contributed by atoms with Crippen LogP contribution in [0.25, 0.3) is 0 Å². The van der Waals surface area contributed by atoms with E-state index in [1.807, 2.05) is 0 Å². The van der Waals surface area contributed by atoms with Crippen molar-refractivity contribution in [3.8, 4) is 0 Å². The number of amides is 1. The first-order chi connectivity index (χ1) is 14.9. The van der Waals surface area contributed by atoms with Crippen molar-refractivity contribution < 1.29 is 13.4 Å². The molecule has 2 aliphatic heterocycles. The van der Waals surface area contributed by atoms with Gasteiger partial charge in [0.15, 0.2) is 0 Å². The molecule has 0 aromatic carbocycles. The summed E-state index contributed by atoms with van der Waals surface area (Å²) in [6.07, 6.45) is 1.81. The first kappa shape index (κ1) is 23.0. The molecule has 8 nitrogen and oxygen atoms in total. The minimum atomic E-state index is -3.08. The van der Waals surface area contributed by atoms with Crippen molar-refractivity contribution in [3.05, 3.63) is 51.6 Å². The van der Waals surface area contributed by atoms with Crippen molar-refractivity contribution in [2.24, 2.45) is 10.7 Å². The Balaban J connectivity index is 1.75. The summed E-state index contributed by atoms with van der Waals surface area (Å²) in [6, 6.07) is 3.89. The van der Waals surface area contributed by atoms with E-state index in [1.165, 1.54) is 24.4 Å². The zero-order valence-corrected chi connectivity index (χ0v) is 20.0. The van der Waals surface area contributed by atoms with Gasteiger partial charge in [-0.2, -0.15) is 0 Å². The van der Waals surface area contributed by atoms with E-state index >= 15 is 4.39 Å². The van der Waals surface area contributed by atoms with Crippen LogP contribution in [0.5, 0.6) is 0 Å². The molecule has 2 aromatic rings. The summed E-state index contributed by atoms with van der Waals surface area (Å²) in [5.41, 5.74) is 4.85. The molecular weight excluding hydrogens is 478 g/mol. The Morgan fingerprint density at radius 1 is 1.34 bits per heavy atom. The van der Waals surface area contributed by atoms with Crippen molar-refractivity contribution in [3.63, 3.8) is 0 Å². The number of carbonyl (C=O) groups is 1. The summed E-state index contributed by atoms with van der Waals surface area (Å²) in [6.45, 7) is 5.73. The molecule has 0 saturated carbocycles. The Kier molecular flexibility index (Phi) is 5.56. The van der Waals surface area contributed by atoms with Crippen LogP contribution < -0.4 is 15.8 Å². The summed E-state index contributed by atoms with van der Waals surface area (Å²) in [4.78, 5) is 25.5. The monoisotopic (exact) mass is 500 g/mol. The lowest BCUT2D eigenvalue weighted by Gasteiger charge is -2.50. The minimum Gasteiger partial charge on any atom is -0.386 e. The molecular formula is C20H23Cl2FN6O2S. The molecule has 0 radical (unpaired) electrons. The summed E-state index contributed by atoms with van der Waals surface area (Å²) < 4.78 is 31.2. The van der Waals surface area contributed by atoms with Crippen molar-refractivity contribution in [1.29, 1.82) is 0 Å². The number of nitrogens with one attached hydrogen (secondary N) is 2. The number of thiol groups is 1. The fraction of sp³-hybridized carbons (Fsp3) is 0.400. The van der Waals surface area contributed by atoms with Crippen molar-refractivity contribution in [2.75, 3.05) is 11.9 Å². The van der Waals surface area contributed by atoms with E-state index in [1.54, 1.807) is 20.8 Å². The number of hydrogen-bond donors (Lipinski definition) is 4. The average Bonchev–Trinajstić information content (AvgIpc) is 3.13. The van der Waals surface area contributed by atoms with Crippen LogP contribution in [0.2, 0.25) is 10.0 Å². The number of aliphatic imine (C=N–C) groups is 1. The van der Waals surface area contributed by atoms with Gasteiger partial charge in [0.05, 0.1) is 20.0 Å². The highest BCUT2D eigenvalue weighted by Crippen LogP contribution is 2.48. The van der Waals surface area contributed by atoms with Crippen molar-refractivity contribution >= 4 is 50.9 Å². The lowest BCUT2D eigenvalue weighted by Crippen LogP contribution is -2.64. The highest BCUT2D eigenvalue weighted by atomic mass is 35.5. The van der Waals surface area contributed by atoms with Crippen LogP contribution in [0.1, 0.15) is 43.4 Å². The molecule has 2 aromatic heterocycles. The normalized spacial score (nSPS) is 26.7. The molecule has 172 valence electrons. The number of rotatable bonds is 3. The number of nitrogens with two attached hydrogens (primary N) is 1. The van der Waals surface area contributed by atoms with Crippen molar-refractivity contribution in [2.45, 2.75) is 42.7 Å². The maximum absolute atomic E-state index is 15.0. The third kappa shape index (κ3) is 3.40. The summed E-state index contributed by atoms with van der Waals surface area (Å²) in [5.74, 6) is -1.03. The first-order valence-electron chi connectivity index (χ1n) is 9.90. The van der Waals surface area contributed by atoms with Crippen LogP contribution in [0.4, 0.5) is 10.2 Å². The van der Waals surface area contributed by atoms with Gasteiger partial charge in [0.25, 0.3) is 5.91 Å². The largest absolute Gasteiger partial charge is 0.386 e. The van der Waals surface area contributed by atoms with Crippen molar-refractivity contribution in [1.82, 2.24) is 14.7 Å². The minimum absolute atomic E-state index is 0.0437. The number of anilines is 1. The van der Waals surface area contributed by atoms with E-state index in [4.69, 9.17) is 28.9 Å². The highest BCUT2D eigenvalue weighted by Gasteiger charge is 2.59. The molecule has 4 N–H and O–H groups in total. The van der Waals surface area contributed by atoms with Gasteiger partial charge in [-0.3, -0.25) is 18.7 Å². The summed E-state index contributed by atoms with van der Waals surface area (Å²) >= 11 is 11.9. The zero-order valence-electron chi connectivity index (χ0n) is 17.6. The van der Waals surface area contributed by atoms with Gasteiger partial charge in [0.2, 0.25) is 0 Å². The number of pyridine rings is 2. The van der Waals surface area contributed by atoms with E-state index in [0.29, 0.717) is 13.0 Å². The fourth-order valence-corrected chi connectivity index (χ4v) is 8.44. The molecule has 1 amide bonds. The van der Waals surface area contributed by atoms with Gasteiger partial charge >= 0.3 is 0 Å². The standard InChI is InChI=1S/C20H23Cl2FN6O2S/c1-19(2)18(24)29-20(3,13-6-7-26-32(13,19)31)16-12(23)4-5-14(27-16)28-17(30)15-11(22)8-10(21)9-25-15/h4-5,8-9,13,32H,6-7H2,1-3H3,(H2,24,29)(H,26,31)(H,27,28,30)/t13-,20-/m0/s1. The number of nitrogens with zero attached hydrogens (tertiary/aromatic N) is 3. The van der Waals surface area contributed by atoms with E-state index in [2.05, 4.69) is 25.0 Å². The van der Waals surface area contributed by atoms with Crippen LogP contribution in [-0.2, 0) is 15.7 Å². The first-order valence-corrected chi connectivity index (χ1v) is 12.4. The third-order valence-corrected chi connectivity index (χ3v) is 11.0. The molecule has 32 heavy (non-hydrogen) atoms. The van der Waals surface area contributed by atoms with Gasteiger partial charge in [-0.25, -0.2) is 14.4 Å². The molecule has 0 aliphatic carbocycles. The van der Waals surface area contributed by atoms with E-state index in [0.717, 1.165) is 0 Å². The van der Waals surface area contributed by atoms with Gasteiger partial charge in [-0.05, 0) is 55.5 Å². The van der Waals surface area contributed by atoms with Crippen LogP contribution in [0, 0.1) is 5.82 Å². The van der Waals surface area contributed by atoms with E-state index in [9.17, 15) is 9.00 Å². The zero-order chi connectivity index (χ0) is 23.5. The number of hydrogen-bond acceptors (Lipinski definition) is 6. The summed E-state index contributed by atoms with van der Waals surface area (Å²) in [7, 11) is -3.08. The van der Waals surface area contributed by atoms with E-state index < -0.39 is 37.4 Å². The van der Waals surface area contributed by atoms with Gasteiger partial charge in [0.1, 0.15) is 34.4 Å². The molecule has 4 rings (SSSR count). The second-order valence-electron chi connectivity index (χ2n) is 8.54. The molecule has 4 heterocycles. The number of fused-ring (bicyclic) bond motifs is 1. The van der Waals surface area contributed by atoms with Gasteiger partial charge < -0.3 is 11.1 Å². The average molecular weight is 501 g/mol. The van der Waals surface area contributed by atoms with Crippen LogP contribution >= 0.6 is 23.2 Å². The summed E-state index contributed by atoms with van der Waals surface area (Å²) in [5, 5.41) is 2.41. The molecule has 1 fully saturated rings. The molecule has 2 aliphatic rings. The van der Waals surface area contributed by atoms with Gasteiger partial charge in [-0.1, -0.05) is 23.2 Å². The second kappa shape index (κ2) is 7.72. The SMILES string of the molecule is CC1(C)C(N)=N[C@](C)(c2nc(NC(=O)c3ncc(Cl)cc3Cl)ccc2F)[C@@H]2CCN[SH]21=O. The van der Waals surface area contributed by atoms with Crippen LogP contribution in [0.15, 0.2) is 29.4 Å². The number of carbonyl (C=O) groups excluding carboxylic acids is 1. The molecule has 0 bridgehead atoms. The Hall–Kier alpha value is -2.14. The lowest BCUT2D eigenvalue weighted by molar-refractivity contribution is 0.102. The highest BCUT2D eigenvalue weighted by molar-refractivity contribution is 8.04. The Morgan fingerprint density at radius 3 is 2.75 bits per heavy atom. The Labute approximate surface area is 195 Å². The van der Waals surface area contributed by atoms with Crippen LogP contribution in [0.3, 0.4) is 0 Å². The maximum atomic E-state index is 15.0. The molecule has 2 atom stereocenters. The van der Waals surface area contributed by atoms with Gasteiger partial charge in [0, 0.05) is 12.7 Å².